The smallest absolute Gasteiger partial charge is 0.330 e. The molecule has 0 saturated carbocycles. The third-order valence-corrected chi connectivity index (χ3v) is 5.76. The number of carbonyl (C=O) groups excluding carboxylic acids is 2. The first-order valence-electron chi connectivity index (χ1n) is 7.46. The van der Waals surface area contributed by atoms with Crippen molar-refractivity contribution in [1.82, 2.24) is 4.57 Å². The van der Waals surface area contributed by atoms with Crippen molar-refractivity contribution in [3.8, 4) is 0 Å². The molecular weight excluding hydrogens is 318 g/mol. The zero-order valence-electron chi connectivity index (χ0n) is 13.5. The highest BCUT2D eigenvalue weighted by Crippen LogP contribution is 2.29. The van der Waals surface area contributed by atoms with E-state index < -0.39 is 15.8 Å². The van der Waals surface area contributed by atoms with Crippen LogP contribution in [0, 0.1) is 13.8 Å². The van der Waals surface area contributed by atoms with E-state index in [4.69, 9.17) is 4.74 Å². The second kappa shape index (κ2) is 6.70. The topological polar surface area (TPSA) is 82.4 Å². The van der Waals surface area contributed by atoms with Crippen LogP contribution in [-0.4, -0.2) is 42.9 Å². The maximum absolute atomic E-state index is 12.2. The van der Waals surface area contributed by atoms with Crippen molar-refractivity contribution in [3.63, 3.8) is 0 Å². The van der Waals surface area contributed by atoms with Gasteiger partial charge in [-0.05, 0) is 33.3 Å². The van der Waals surface area contributed by atoms with E-state index in [1.807, 2.05) is 11.5 Å². The molecule has 0 aromatic carbocycles. The number of hydrogen-bond donors (Lipinski definition) is 0. The molecular formula is C16H21NO5S. The summed E-state index contributed by atoms with van der Waals surface area (Å²) in [6.07, 6.45) is 3.35. The van der Waals surface area contributed by atoms with Crippen molar-refractivity contribution < 1.29 is 22.7 Å². The number of carbonyl (C=O) groups is 2. The Hall–Kier alpha value is -1.89. The Bertz CT molecular complexity index is 758. The molecule has 1 aromatic heterocycles. The fraction of sp³-hybridized carbons (Fsp3) is 0.500. The predicted molar refractivity (Wildman–Crippen MR) is 86.3 cm³/mol. The van der Waals surface area contributed by atoms with Crippen LogP contribution in [0.25, 0.3) is 0 Å². The molecule has 0 unspecified atom stereocenters. The van der Waals surface area contributed by atoms with Gasteiger partial charge in [0.05, 0.1) is 11.5 Å². The molecule has 1 saturated heterocycles. The molecule has 0 amide bonds. The summed E-state index contributed by atoms with van der Waals surface area (Å²) in [6, 6.07) is 1.60. The van der Waals surface area contributed by atoms with Gasteiger partial charge in [-0.15, -0.1) is 0 Å². The number of aromatic nitrogens is 1. The molecule has 0 N–H and O–H groups in total. The number of allylic oxidation sites excluding steroid dienone is 1. The Labute approximate surface area is 136 Å². The first-order chi connectivity index (χ1) is 10.7. The van der Waals surface area contributed by atoms with Gasteiger partial charge in [0, 0.05) is 29.1 Å². The number of hydrogen-bond acceptors (Lipinski definition) is 5. The van der Waals surface area contributed by atoms with E-state index in [1.54, 1.807) is 26.0 Å². The van der Waals surface area contributed by atoms with Gasteiger partial charge >= 0.3 is 5.97 Å². The zero-order valence-corrected chi connectivity index (χ0v) is 14.4. The maximum Gasteiger partial charge on any atom is 0.330 e. The Kier molecular flexibility index (Phi) is 5.09. The molecule has 0 aliphatic carbocycles. The summed E-state index contributed by atoms with van der Waals surface area (Å²) < 4.78 is 30.1. The van der Waals surface area contributed by atoms with Gasteiger partial charge in [0.25, 0.3) is 0 Å². The van der Waals surface area contributed by atoms with Crippen LogP contribution in [0.2, 0.25) is 0 Å². The van der Waals surface area contributed by atoms with E-state index in [0.717, 1.165) is 11.4 Å². The summed E-state index contributed by atoms with van der Waals surface area (Å²) in [4.78, 5) is 23.5. The van der Waals surface area contributed by atoms with Crippen LogP contribution in [0.1, 0.15) is 41.1 Å². The summed E-state index contributed by atoms with van der Waals surface area (Å²) >= 11 is 0. The normalized spacial score (nSPS) is 20.0. The number of esters is 1. The predicted octanol–water partition coefficient (Wildman–Crippen LogP) is 1.77. The highest BCUT2D eigenvalue weighted by Gasteiger charge is 2.31. The van der Waals surface area contributed by atoms with Gasteiger partial charge in [-0.3, -0.25) is 4.79 Å². The molecule has 1 atom stereocenters. The molecule has 0 bridgehead atoms. The van der Waals surface area contributed by atoms with Crippen molar-refractivity contribution in [1.29, 1.82) is 0 Å². The molecule has 126 valence electrons. The average molecular weight is 339 g/mol. The van der Waals surface area contributed by atoms with Gasteiger partial charge < -0.3 is 9.30 Å². The minimum atomic E-state index is -3.00. The standard InChI is InChI=1S/C16H21NO5S/c1-4-5-16(19)22-9-15(18)14-8-11(2)17(12(14)3)13-6-7-23(20,21)10-13/h4-5,8,13H,6-7,9-10H2,1-3H3/b5-4-/t13-/m1/s1. The first-order valence-corrected chi connectivity index (χ1v) is 9.29. The molecule has 1 aliphatic heterocycles. The lowest BCUT2D eigenvalue weighted by Crippen LogP contribution is -2.16. The van der Waals surface area contributed by atoms with Gasteiger partial charge in [0.15, 0.2) is 16.4 Å². The highest BCUT2D eigenvalue weighted by molar-refractivity contribution is 7.91. The first kappa shape index (κ1) is 17.5. The highest BCUT2D eigenvalue weighted by atomic mass is 32.2. The average Bonchev–Trinajstić information content (AvgIpc) is 2.96. The van der Waals surface area contributed by atoms with Gasteiger partial charge in [0.1, 0.15) is 0 Å². The fourth-order valence-electron chi connectivity index (χ4n) is 3.00. The van der Waals surface area contributed by atoms with E-state index in [2.05, 4.69) is 0 Å². The number of Topliss-reactive ketones (excluding diaryl/α,β-unsaturated/α-hetero) is 1. The molecule has 23 heavy (non-hydrogen) atoms. The Morgan fingerprint density at radius 2 is 2.09 bits per heavy atom. The summed E-state index contributed by atoms with van der Waals surface area (Å²) in [7, 11) is -3.00. The third-order valence-electron chi connectivity index (χ3n) is 4.01. The lowest BCUT2D eigenvalue weighted by atomic mass is 10.1. The number of ketones is 1. The van der Waals surface area contributed by atoms with Gasteiger partial charge in [-0.1, -0.05) is 6.08 Å². The van der Waals surface area contributed by atoms with Crippen molar-refractivity contribution >= 4 is 21.6 Å². The zero-order chi connectivity index (χ0) is 17.2. The quantitative estimate of drug-likeness (QED) is 0.464. The molecule has 1 fully saturated rings. The van der Waals surface area contributed by atoms with E-state index in [1.165, 1.54) is 6.08 Å². The second-order valence-corrected chi connectivity index (χ2v) is 7.97. The number of nitrogens with zero attached hydrogens (tertiary/aromatic N) is 1. The van der Waals surface area contributed by atoms with Gasteiger partial charge in [0.2, 0.25) is 5.78 Å². The van der Waals surface area contributed by atoms with E-state index in [-0.39, 0.29) is 29.9 Å². The second-order valence-electron chi connectivity index (χ2n) is 5.74. The van der Waals surface area contributed by atoms with Gasteiger partial charge in [-0.25, -0.2) is 13.2 Å². The number of rotatable bonds is 5. The van der Waals surface area contributed by atoms with Gasteiger partial charge in [-0.2, -0.15) is 0 Å². The van der Waals surface area contributed by atoms with Crippen LogP contribution >= 0.6 is 0 Å². The molecule has 7 heteroatoms. The van der Waals surface area contributed by atoms with Crippen LogP contribution in [0.4, 0.5) is 0 Å². The van der Waals surface area contributed by atoms with Crippen molar-refractivity contribution in [2.45, 2.75) is 33.2 Å². The van der Waals surface area contributed by atoms with Crippen molar-refractivity contribution in [3.05, 3.63) is 35.2 Å². The molecule has 2 rings (SSSR count). The maximum atomic E-state index is 12.2. The summed E-state index contributed by atoms with van der Waals surface area (Å²) in [5.74, 6) is -0.564. The number of sulfone groups is 1. The van der Waals surface area contributed by atoms with Crippen molar-refractivity contribution in [2.24, 2.45) is 0 Å². The molecule has 2 heterocycles. The minimum Gasteiger partial charge on any atom is -0.454 e. The molecule has 0 spiro atoms. The minimum absolute atomic E-state index is 0.104. The Balaban J connectivity index is 2.17. The summed E-state index contributed by atoms with van der Waals surface area (Å²) in [5, 5.41) is 0. The van der Waals surface area contributed by atoms with Crippen LogP contribution in [-0.2, 0) is 19.4 Å². The Morgan fingerprint density at radius 1 is 1.39 bits per heavy atom. The van der Waals surface area contributed by atoms with Crippen molar-refractivity contribution in [2.75, 3.05) is 18.1 Å². The lowest BCUT2D eigenvalue weighted by Gasteiger charge is -2.16. The Morgan fingerprint density at radius 3 is 2.65 bits per heavy atom. The molecule has 0 radical (unpaired) electrons. The summed E-state index contributed by atoms with van der Waals surface area (Å²) in [5.41, 5.74) is 2.03. The SMILES string of the molecule is C/C=C\C(=O)OCC(=O)c1cc(C)n([C@@H]2CCS(=O)(=O)C2)c1C. The van der Waals surface area contributed by atoms with E-state index in [0.29, 0.717) is 12.0 Å². The largest absolute Gasteiger partial charge is 0.454 e. The fourth-order valence-corrected chi connectivity index (χ4v) is 4.70. The van der Waals surface area contributed by atoms with Crippen LogP contribution < -0.4 is 0 Å². The van der Waals surface area contributed by atoms with E-state index >= 15 is 0 Å². The molecule has 6 nitrogen and oxygen atoms in total. The number of ether oxygens (including phenoxy) is 1. The monoisotopic (exact) mass is 339 g/mol. The number of aryl methyl sites for hydroxylation is 1. The van der Waals surface area contributed by atoms with E-state index in [9.17, 15) is 18.0 Å². The van der Waals surface area contributed by atoms with Crippen LogP contribution in [0.15, 0.2) is 18.2 Å². The lowest BCUT2D eigenvalue weighted by molar-refractivity contribution is -0.136. The van der Waals surface area contributed by atoms with Crippen LogP contribution in [0.5, 0.6) is 0 Å². The molecule has 1 aliphatic rings. The molecule has 1 aromatic rings. The van der Waals surface area contributed by atoms with Crippen LogP contribution in [0.3, 0.4) is 0 Å². The summed E-state index contributed by atoms with van der Waals surface area (Å²) in [6.45, 7) is 5.00. The third kappa shape index (κ3) is 3.90.